The smallest absolute Gasteiger partial charge is 0.115 e. The van der Waals surface area contributed by atoms with E-state index in [-0.39, 0.29) is 0 Å². The molecular weight excluding hydrogens is 300 g/mol. The highest BCUT2D eigenvalue weighted by atomic mass is 79.9. The standard InChI is InChI=1S/C16H11BrN2/c17-14-7-5-12(6-8-14)15-3-1-2-4-16(15)13-9-18-11-19-10-13/h1-11H. The van der Waals surface area contributed by atoms with Gasteiger partial charge in [0.25, 0.3) is 0 Å². The zero-order valence-corrected chi connectivity index (χ0v) is 11.7. The van der Waals surface area contributed by atoms with Crippen molar-refractivity contribution < 1.29 is 0 Å². The van der Waals surface area contributed by atoms with Crippen molar-refractivity contribution in [3.63, 3.8) is 0 Å². The van der Waals surface area contributed by atoms with Crippen molar-refractivity contribution >= 4 is 15.9 Å². The van der Waals surface area contributed by atoms with Crippen molar-refractivity contribution in [3.05, 3.63) is 71.7 Å². The predicted octanol–water partition coefficient (Wildman–Crippen LogP) is 4.57. The number of hydrogen-bond acceptors (Lipinski definition) is 2. The molecule has 0 amide bonds. The maximum atomic E-state index is 4.09. The molecule has 2 nitrogen and oxygen atoms in total. The Kier molecular flexibility index (Phi) is 3.38. The third kappa shape index (κ3) is 2.56. The molecule has 1 heterocycles. The zero-order chi connectivity index (χ0) is 13.1. The van der Waals surface area contributed by atoms with Gasteiger partial charge < -0.3 is 0 Å². The minimum Gasteiger partial charge on any atom is -0.244 e. The van der Waals surface area contributed by atoms with Crippen LogP contribution in [0.5, 0.6) is 0 Å². The van der Waals surface area contributed by atoms with E-state index in [4.69, 9.17) is 0 Å². The first-order chi connectivity index (χ1) is 9.34. The van der Waals surface area contributed by atoms with Crippen LogP contribution in [0.1, 0.15) is 0 Å². The maximum Gasteiger partial charge on any atom is 0.115 e. The van der Waals surface area contributed by atoms with E-state index in [2.05, 4.69) is 50.2 Å². The normalized spacial score (nSPS) is 10.4. The van der Waals surface area contributed by atoms with Gasteiger partial charge >= 0.3 is 0 Å². The van der Waals surface area contributed by atoms with Gasteiger partial charge in [-0.3, -0.25) is 0 Å². The molecule has 0 aliphatic rings. The van der Waals surface area contributed by atoms with Gasteiger partial charge in [-0.2, -0.15) is 0 Å². The molecule has 1 aromatic heterocycles. The van der Waals surface area contributed by atoms with E-state index in [0.717, 1.165) is 15.6 Å². The van der Waals surface area contributed by atoms with E-state index in [1.165, 1.54) is 11.1 Å². The minimum absolute atomic E-state index is 1.03. The van der Waals surface area contributed by atoms with Crippen LogP contribution in [0.4, 0.5) is 0 Å². The molecule has 0 spiro atoms. The molecule has 0 aliphatic heterocycles. The Balaban J connectivity index is 2.15. The van der Waals surface area contributed by atoms with Gasteiger partial charge in [0.05, 0.1) is 0 Å². The quantitative estimate of drug-likeness (QED) is 0.692. The summed E-state index contributed by atoms with van der Waals surface area (Å²) < 4.78 is 1.08. The average molecular weight is 311 g/mol. The van der Waals surface area contributed by atoms with Crippen LogP contribution in [-0.4, -0.2) is 9.97 Å². The van der Waals surface area contributed by atoms with Crippen LogP contribution in [0.3, 0.4) is 0 Å². The van der Waals surface area contributed by atoms with Crippen molar-refractivity contribution in [1.29, 1.82) is 0 Å². The Morgan fingerprint density at radius 3 is 1.89 bits per heavy atom. The van der Waals surface area contributed by atoms with Gasteiger partial charge in [-0.15, -0.1) is 0 Å². The summed E-state index contributed by atoms with van der Waals surface area (Å²) >= 11 is 3.46. The fourth-order valence-corrected chi connectivity index (χ4v) is 2.32. The number of nitrogens with zero attached hydrogens (tertiary/aromatic N) is 2. The molecule has 0 aliphatic carbocycles. The van der Waals surface area contributed by atoms with Crippen LogP contribution in [-0.2, 0) is 0 Å². The summed E-state index contributed by atoms with van der Waals surface area (Å²) in [6.45, 7) is 0. The summed E-state index contributed by atoms with van der Waals surface area (Å²) in [6, 6.07) is 16.6. The molecule has 0 atom stereocenters. The summed E-state index contributed by atoms with van der Waals surface area (Å²) in [6.07, 6.45) is 5.22. The van der Waals surface area contributed by atoms with Gasteiger partial charge in [0, 0.05) is 22.4 Å². The van der Waals surface area contributed by atoms with E-state index >= 15 is 0 Å². The Labute approximate surface area is 120 Å². The highest BCUT2D eigenvalue weighted by Gasteiger charge is 2.06. The fraction of sp³-hybridized carbons (Fsp3) is 0. The highest BCUT2D eigenvalue weighted by molar-refractivity contribution is 9.10. The molecule has 0 saturated carbocycles. The lowest BCUT2D eigenvalue weighted by Gasteiger charge is -2.09. The number of rotatable bonds is 2. The Bertz CT molecular complexity index is 679. The van der Waals surface area contributed by atoms with Crippen molar-refractivity contribution in [1.82, 2.24) is 9.97 Å². The van der Waals surface area contributed by atoms with Crippen molar-refractivity contribution in [2.24, 2.45) is 0 Å². The van der Waals surface area contributed by atoms with Crippen molar-refractivity contribution in [2.45, 2.75) is 0 Å². The van der Waals surface area contributed by atoms with E-state index in [1.54, 1.807) is 6.33 Å². The van der Waals surface area contributed by atoms with E-state index in [0.29, 0.717) is 0 Å². The second-order valence-corrected chi connectivity index (χ2v) is 5.10. The molecular formula is C16H11BrN2. The summed E-state index contributed by atoms with van der Waals surface area (Å²) in [5.41, 5.74) is 4.54. The lowest BCUT2D eigenvalue weighted by Crippen LogP contribution is -1.86. The summed E-state index contributed by atoms with van der Waals surface area (Å²) in [4.78, 5) is 8.18. The molecule has 92 valence electrons. The maximum absolute atomic E-state index is 4.09. The molecule has 0 bridgehead atoms. The third-order valence-corrected chi connectivity index (χ3v) is 3.48. The molecule has 0 unspecified atom stereocenters. The molecule has 3 aromatic rings. The first-order valence-electron chi connectivity index (χ1n) is 5.95. The topological polar surface area (TPSA) is 25.8 Å². The molecule has 0 saturated heterocycles. The van der Waals surface area contributed by atoms with Crippen LogP contribution in [0.15, 0.2) is 71.7 Å². The number of halogens is 1. The summed E-state index contributed by atoms with van der Waals surface area (Å²) in [7, 11) is 0. The number of benzene rings is 2. The second-order valence-electron chi connectivity index (χ2n) is 4.18. The SMILES string of the molecule is Brc1ccc(-c2ccccc2-c2cncnc2)cc1. The van der Waals surface area contributed by atoms with Gasteiger partial charge in [0.2, 0.25) is 0 Å². The van der Waals surface area contributed by atoms with E-state index in [9.17, 15) is 0 Å². The molecule has 2 aromatic carbocycles. The molecule has 3 rings (SSSR count). The third-order valence-electron chi connectivity index (χ3n) is 2.95. The van der Waals surface area contributed by atoms with Gasteiger partial charge in [-0.05, 0) is 28.8 Å². The molecule has 0 radical (unpaired) electrons. The first kappa shape index (κ1) is 12.1. The van der Waals surface area contributed by atoms with Gasteiger partial charge in [0.15, 0.2) is 0 Å². The van der Waals surface area contributed by atoms with Crippen LogP contribution >= 0.6 is 15.9 Å². The first-order valence-corrected chi connectivity index (χ1v) is 6.74. The molecule has 0 fully saturated rings. The summed E-state index contributed by atoms with van der Waals surface area (Å²) in [5, 5.41) is 0. The predicted molar refractivity (Wildman–Crippen MR) is 80.6 cm³/mol. The van der Waals surface area contributed by atoms with Crippen molar-refractivity contribution in [2.75, 3.05) is 0 Å². The number of hydrogen-bond donors (Lipinski definition) is 0. The Morgan fingerprint density at radius 1 is 0.684 bits per heavy atom. The van der Waals surface area contributed by atoms with Gasteiger partial charge in [-0.1, -0.05) is 52.3 Å². The molecule has 0 N–H and O–H groups in total. The molecule has 3 heteroatoms. The van der Waals surface area contributed by atoms with Crippen molar-refractivity contribution in [3.8, 4) is 22.3 Å². The molecule has 19 heavy (non-hydrogen) atoms. The average Bonchev–Trinajstić information content (AvgIpc) is 2.49. The zero-order valence-electron chi connectivity index (χ0n) is 10.1. The Morgan fingerprint density at radius 2 is 1.26 bits per heavy atom. The fourth-order valence-electron chi connectivity index (χ4n) is 2.05. The minimum atomic E-state index is 1.03. The lowest BCUT2D eigenvalue weighted by atomic mass is 9.96. The second kappa shape index (κ2) is 5.33. The highest BCUT2D eigenvalue weighted by Crippen LogP contribution is 2.31. The number of aromatic nitrogens is 2. The van der Waals surface area contributed by atoms with Crippen LogP contribution in [0.2, 0.25) is 0 Å². The van der Waals surface area contributed by atoms with Crippen LogP contribution in [0.25, 0.3) is 22.3 Å². The van der Waals surface area contributed by atoms with Crippen LogP contribution < -0.4 is 0 Å². The van der Waals surface area contributed by atoms with Crippen LogP contribution in [0, 0.1) is 0 Å². The van der Waals surface area contributed by atoms with Gasteiger partial charge in [-0.25, -0.2) is 9.97 Å². The van der Waals surface area contributed by atoms with Gasteiger partial charge in [0.1, 0.15) is 6.33 Å². The van der Waals surface area contributed by atoms with E-state index in [1.807, 2.05) is 36.7 Å². The Hall–Kier alpha value is -2.00. The van der Waals surface area contributed by atoms with E-state index < -0.39 is 0 Å². The summed E-state index contributed by atoms with van der Waals surface area (Å²) in [5.74, 6) is 0. The largest absolute Gasteiger partial charge is 0.244 e. The monoisotopic (exact) mass is 310 g/mol. The lowest BCUT2D eigenvalue weighted by molar-refractivity contribution is 1.17.